The van der Waals surface area contributed by atoms with Gasteiger partial charge in [-0.25, -0.2) is 0 Å². The van der Waals surface area contributed by atoms with Crippen LogP contribution >= 0.6 is 0 Å². The number of unbranched alkanes of at least 4 members (excludes halogenated alkanes) is 1. The molecule has 4 nitrogen and oxygen atoms in total. The molecule has 1 unspecified atom stereocenters. The molecule has 0 aromatic rings. The van der Waals surface area contributed by atoms with Crippen LogP contribution in [0, 0.1) is 0 Å². The molecule has 0 amide bonds. The number of hydrogen-bond acceptors (Lipinski definition) is 2. The van der Waals surface area contributed by atoms with Crippen molar-refractivity contribution in [1.82, 2.24) is 0 Å². The van der Waals surface area contributed by atoms with E-state index in [1.165, 1.54) is 12.8 Å². The minimum Gasteiger partial charge on any atom is -0.370 e. The van der Waals surface area contributed by atoms with Gasteiger partial charge in [0.2, 0.25) is 0 Å². The van der Waals surface area contributed by atoms with Gasteiger partial charge in [-0.2, -0.15) is 0 Å². The van der Waals surface area contributed by atoms with Crippen LogP contribution in [0.4, 0.5) is 0 Å². The van der Waals surface area contributed by atoms with Crippen molar-refractivity contribution in [1.29, 1.82) is 0 Å². The fraction of sp³-hybridized carbons (Fsp3) is 0.875. The number of rotatable bonds is 6. The first-order valence-corrected chi connectivity index (χ1v) is 4.47. The van der Waals surface area contributed by atoms with E-state index in [1.807, 2.05) is 0 Å². The van der Waals surface area contributed by atoms with Gasteiger partial charge in [-0.05, 0) is 12.8 Å². The molecule has 0 bridgehead atoms. The average Bonchev–Trinajstić information content (AvgIpc) is 2.00. The zero-order valence-corrected chi connectivity index (χ0v) is 7.79. The lowest BCUT2D eigenvalue weighted by Crippen LogP contribution is -2.25. The average molecular weight is 172 g/mol. The number of hydrogen-bond donors (Lipinski definition) is 3. The zero-order valence-electron chi connectivity index (χ0n) is 7.79. The lowest BCUT2D eigenvalue weighted by atomic mass is 10.1. The van der Waals surface area contributed by atoms with Gasteiger partial charge in [0.15, 0.2) is 5.96 Å². The lowest BCUT2D eigenvalue weighted by Gasteiger charge is -2.08. The summed E-state index contributed by atoms with van der Waals surface area (Å²) in [6.07, 6.45) is 4.31. The third-order valence-electron chi connectivity index (χ3n) is 1.72. The molecule has 0 aromatic heterocycles. The monoisotopic (exact) mass is 172 g/mol. The highest BCUT2D eigenvalue weighted by Crippen LogP contribution is 2.01. The first-order valence-electron chi connectivity index (χ1n) is 4.47. The first kappa shape index (κ1) is 11.2. The molecule has 6 N–H and O–H groups in total. The Hall–Kier alpha value is -0.770. The van der Waals surface area contributed by atoms with Gasteiger partial charge in [-0.1, -0.05) is 19.8 Å². The van der Waals surface area contributed by atoms with Crippen molar-refractivity contribution in [3.8, 4) is 0 Å². The third-order valence-corrected chi connectivity index (χ3v) is 1.72. The minimum atomic E-state index is 0.151. The molecule has 72 valence electrons. The second-order valence-electron chi connectivity index (χ2n) is 3.00. The molecule has 12 heavy (non-hydrogen) atoms. The van der Waals surface area contributed by atoms with E-state index in [9.17, 15) is 0 Å². The Morgan fingerprint density at radius 2 is 2.00 bits per heavy atom. The van der Waals surface area contributed by atoms with Crippen LogP contribution in [0.5, 0.6) is 0 Å². The summed E-state index contributed by atoms with van der Waals surface area (Å²) in [6, 6.07) is 0.244. The standard InChI is InChI=1S/C8H20N4/c1-2-3-4-7(9)5-6-12-8(10)11/h7H,2-6,9H2,1H3,(H4,10,11,12). The minimum absolute atomic E-state index is 0.151. The number of nitrogens with two attached hydrogens (primary N) is 3. The van der Waals surface area contributed by atoms with Gasteiger partial charge < -0.3 is 17.2 Å². The van der Waals surface area contributed by atoms with Crippen LogP contribution < -0.4 is 17.2 Å². The van der Waals surface area contributed by atoms with Crippen LogP contribution in [0.15, 0.2) is 4.99 Å². The molecule has 4 heteroatoms. The Bertz CT molecular complexity index is 129. The molecule has 0 radical (unpaired) electrons. The van der Waals surface area contributed by atoms with E-state index in [0.29, 0.717) is 6.54 Å². The van der Waals surface area contributed by atoms with Gasteiger partial charge in [0.25, 0.3) is 0 Å². The normalized spacial score (nSPS) is 12.5. The van der Waals surface area contributed by atoms with E-state index in [1.54, 1.807) is 0 Å². The van der Waals surface area contributed by atoms with Crippen molar-refractivity contribution >= 4 is 5.96 Å². The van der Waals surface area contributed by atoms with Gasteiger partial charge in [0.1, 0.15) is 0 Å². The second kappa shape index (κ2) is 6.91. The Balaban J connectivity index is 3.31. The largest absolute Gasteiger partial charge is 0.370 e. The Labute approximate surface area is 74.2 Å². The maximum atomic E-state index is 5.80. The molecule has 0 rings (SSSR count). The van der Waals surface area contributed by atoms with Crippen molar-refractivity contribution in [2.24, 2.45) is 22.2 Å². The molecule has 0 saturated heterocycles. The maximum Gasteiger partial charge on any atom is 0.185 e. The van der Waals surface area contributed by atoms with E-state index >= 15 is 0 Å². The highest BCUT2D eigenvalue weighted by Gasteiger charge is 1.99. The summed E-state index contributed by atoms with van der Waals surface area (Å²) in [5, 5.41) is 0. The van der Waals surface area contributed by atoms with Crippen LogP contribution in [0.25, 0.3) is 0 Å². The van der Waals surface area contributed by atoms with Crippen LogP contribution in [0.3, 0.4) is 0 Å². The van der Waals surface area contributed by atoms with Crippen molar-refractivity contribution in [3.05, 3.63) is 0 Å². The molecular weight excluding hydrogens is 152 g/mol. The van der Waals surface area contributed by atoms with E-state index in [-0.39, 0.29) is 12.0 Å². The van der Waals surface area contributed by atoms with E-state index in [0.717, 1.165) is 12.8 Å². The Morgan fingerprint density at radius 3 is 2.50 bits per heavy atom. The summed E-state index contributed by atoms with van der Waals surface area (Å²) in [4.78, 5) is 3.86. The number of nitrogens with zero attached hydrogens (tertiary/aromatic N) is 1. The molecule has 0 saturated carbocycles. The molecule has 0 fully saturated rings. The Morgan fingerprint density at radius 1 is 1.33 bits per heavy atom. The second-order valence-corrected chi connectivity index (χ2v) is 3.00. The van der Waals surface area contributed by atoms with E-state index < -0.39 is 0 Å². The van der Waals surface area contributed by atoms with Crippen molar-refractivity contribution in [2.45, 2.75) is 38.6 Å². The predicted octanol–water partition coefficient (Wildman–Crippen LogP) is 0.167. The quantitative estimate of drug-likeness (QED) is 0.394. The van der Waals surface area contributed by atoms with Crippen molar-refractivity contribution < 1.29 is 0 Å². The SMILES string of the molecule is CCCCC(N)CCN=C(N)N. The van der Waals surface area contributed by atoms with Gasteiger partial charge in [0, 0.05) is 12.6 Å². The summed E-state index contributed by atoms with van der Waals surface area (Å²) in [5.74, 6) is 0.151. The van der Waals surface area contributed by atoms with Gasteiger partial charge in [-0.15, -0.1) is 0 Å². The summed E-state index contributed by atoms with van der Waals surface area (Å²) < 4.78 is 0. The maximum absolute atomic E-state index is 5.80. The molecule has 0 aliphatic rings. The van der Waals surface area contributed by atoms with E-state index in [2.05, 4.69) is 11.9 Å². The van der Waals surface area contributed by atoms with Crippen LogP contribution in [0.1, 0.15) is 32.6 Å². The van der Waals surface area contributed by atoms with Crippen LogP contribution in [0.2, 0.25) is 0 Å². The van der Waals surface area contributed by atoms with Crippen LogP contribution in [-0.4, -0.2) is 18.5 Å². The van der Waals surface area contributed by atoms with Gasteiger partial charge in [0.05, 0.1) is 0 Å². The smallest absolute Gasteiger partial charge is 0.185 e. The zero-order chi connectivity index (χ0) is 9.40. The van der Waals surface area contributed by atoms with Crippen molar-refractivity contribution in [2.75, 3.05) is 6.54 Å². The summed E-state index contributed by atoms with van der Waals surface area (Å²) in [5.41, 5.74) is 16.1. The van der Waals surface area contributed by atoms with Gasteiger partial charge in [-0.3, -0.25) is 4.99 Å². The van der Waals surface area contributed by atoms with E-state index in [4.69, 9.17) is 17.2 Å². The molecule has 0 heterocycles. The first-order chi connectivity index (χ1) is 5.66. The Kier molecular flexibility index (Phi) is 6.47. The lowest BCUT2D eigenvalue weighted by molar-refractivity contribution is 0.547. The fourth-order valence-corrected chi connectivity index (χ4v) is 0.970. The topological polar surface area (TPSA) is 90.4 Å². The highest BCUT2D eigenvalue weighted by atomic mass is 15.0. The highest BCUT2D eigenvalue weighted by molar-refractivity contribution is 5.75. The van der Waals surface area contributed by atoms with Crippen molar-refractivity contribution in [3.63, 3.8) is 0 Å². The molecular formula is C8H20N4. The molecule has 1 atom stereocenters. The third kappa shape index (κ3) is 7.34. The number of aliphatic imine (C=N–C) groups is 1. The fourth-order valence-electron chi connectivity index (χ4n) is 0.970. The summed E-state index contributed by atoms with van der Waals surface area (Å²) >= 11 is 0. The summed E-state index contributed by atoms with van der Waals surface area (Å²) in [6.45, 7) is 2.80. The number of guanidine groups is 1. The molecule has 0 aromatic carbocycles. The predicted molar refractivity (Wildman–Crippen MR) is 52.8 cm³/mol. The molecule has 0 aliphatic heterocycles. The van der Waals surface area contributed by atoms with Crippen LogP contribution in [-0.2, 0) is 0 Å². The van der Waals surface area contributed by atoms with Gasteiger partial charge >= 0.3 is 0 Å². The molecule has 0 aliphatic carbocycles. The summed E-state index contributed by atoms with van der Waals surface area (Å²) in [7, 11) is 0. The molecule has 0 spiro atoms.